The van der Waals surface area contributed by atoms with E-state index in [0.29, 0.717) is 0 Å². The molecule has 0 saturated heterocycles. The SMILES string of the molecule is CCc1[nH]nc(C(F)(F)F)c1[N+](=O)[O-]. The van der Waals surface area contributed by atoms with Crippen LogP contribution in [0.1, 0.15) is 18.3 Å². The van der Waals surface area contributed by atoms with Crippen LogP contribution in [0.3, 0.4) is 0 Å². The highest BCUT2D eigenvalue weighted by atomic mass is 19.4. The summed E-state index contributed by atoms with van der Waals surface area (Å²) in [5.74, 6) is 0. The van der Waals surface area contributed by atoms with E-state index in [4.69, 9.17) is 0 Å². The van der Waals surface area contributed by atoms with Gasteiger partial charge in [-0.3, -0.25) is 15.2 Å². The van der Waals surface area contributed by atoms with Crippen molar-refractivity contribution >= 4 is 5.69 Å². The maximum atomic E-state index is 12.2. The Morgan fingerprint density at radius 1 is 1.57 bits per heavy atom. The van der Waals surface area contributed by atoms with Crippen LogP contribution < -0.4 is 0 Å². The predicted molar refractivity (Wildman–Crippen MR) is 39.6 cm³/mol. The van der Waals surface area contributed by atoms with Crippen molar-refractivity contribution in [1.29, 1.82) is 0 Å². The van der Waals surface area contributed by atoms with E-state index in [1.165, 1.54) is 6.92 Å². The van der Waals surface area contributed by atoms with E-state index >= 15 is 0 Å². The summed E-state index contributed by atoms with van der Waals surface area (Å²) in [6, 6.07) is 0. The largest absolute Gasteiger partial charge is 0.442 e. The zero-order valence-electron chi connectivity index (χ0n) is 7.05. The van der Waals surface area contributed by atoms with Gasteiger partial charge in [0.1, 0.15) is 5.69 Å². The van der Waals surface area contributed by atoms with Crippen LogP contribution in [0.4, 0.5) is 18.9 Å². The fourth-order valence-corrected chi connectivity index (χ4v) is 1.01. The van der Waals surface area contributed by atoms with Gasteiger partial charge in [-0.1, -0.05) is 6.92 Å². The second kappa shape index (κ2) is 3.28. The maximum absolute atomic E-state index is 12.2. The molecule has 0 bridgehead atoms. The topological polar surface area (TPSA) is 71.8 Å². The standard InChI is InChI=1S/C6H6F3N3O2/c1-2-3-4(12(13)14)5(11-10-3)6(7,8)9/h2H2,1H3,(H,10,11). The first-order chi connectivity index (χ1) is 6.38. The minimum absolute atomic E-state index is 0.0966. The molecule has 0 fully saturated rings. The smallest absolute Gasteiger partial charge is 0.275 e. The van der Waals surface area contributed by atoms with Crippen molar-refractivity contribution in [2.24, 2.45) is 0 Å². The van der Waals surface area contributed by atoms with Crippen molar-refractivity contribution in [2.75, 3.05) is 0 Å². The van der Waals surface area contributed by atoms with Crippen molar-refractivity contribution in [3.8, 4) is 0 Å². The van der Waals surface area contributed by atoms with E-state index in [2.05, 4.69) is 5.10 Å². The number of hydrogen-bond acceptors (Lipinski definition) is 3. The Bertz CT molecular complexity index is 358. The molecule has 1 aromatic rings. The van der Waals surface area contributed by atoms with Gasteiger partial charge in [-0.05, 0) is 6.42 Å². The number of H-pyrrole nitrogens is 1. The molecule has 0 unspecified atom stereocenters. The number of halogens is 3. The molecule has 0 aliphatic carbocycles. The average molecular weight is 209 g/mol. The lowest BCUT2D eigenvalue weighted by Crippen LogP contribution is -2.08. The van der Waals surface area contributed by atoms with Crippen molar-refractivity contribution in [3.05, 3.63) is 21.5 Å². The van der Waals surface area contributed by atoms with Gasteiger partial charge in [0, 0.05) is 0 Å². The Labute approximate surface area is 76.1 Å². The van der Waals surface area contributed by atoms with Crippen LogP contribution >= 0.6 is 0 Å². The van der Waals surface area contributed by atoms with E-state index in [1.54, 1.807) is 0 Å². The third-order valence-electron chi connectivity index (χ3n) is 1.62. The Kier molecular flexibility index (Phi) is 2.45. The number of hydrogen-bond donors (Lipinski definition) is 1. The molecule has 5 nitrogen and oxygen atoms in total. The molecule has 0 aliphatic rings. The van der Waals surface area contributed by atoms with E-state index in [0.717, 1.165) is 0 Å². The van der Waals surface area contributed by atoms with Crippen LogP contribution in [0, 0.1) is 10.1 Å². The summed E-state index contributed by atoms with van der Waals surface area (Å²) in [5.41, 5.74) is -2.58. The molecule has 78 valence electrons. The molecule has 0 amide bonds. The maximum Gasteiger partial charge on any atom is 0.442 e. The van der Waals surface area contributed by atoms with Gasteiger partial charge >= 0.3 is 11.9 Å². The quantitative estimate of drug-likeness (QED) is 0.597. The van der Waals surface area contributed by atoms with Gasteiger partial charge in [0.05, 0.1) is 4.92 Å². The highest BCUT2D eigenvalue weighted by molar-refractivity contribution is 5.41. The second-order valence-corrected chi connectivity index (χ2v) is 2.51. The van der Waals surface area contributed by atoms with Gasteiger partial charge in [0.15, 0.2) is 0 Å². The number of nitro groups is 1. The molecule has 0 radical (unpaired) electrons. The van der Waals surface area contributed by atoms with Gasteiger partial charge in [-0.25, -0.2) is 0 Å². The average Bonchev–Trinajstić information content (AvgIpc) is 2.45. The number of rotatable bonds is 2. The van der Waals surface area contributed by atoms with Crippen LogP contribution in [0.25, 0.3) is 0 Å². The monoisotopic (exact) mass is 209 g/mol. The van der Waals surface area contributed by atoms with Crippen molar-refractivity contribution in [1.82, 2.24) is 10.2 Å². The van der Waals surface area contributed by atoms with Gasteiger partial charge in [0.25, 0.3) is 0 Å². The molecule has 1 rings (SSSR count). The zero-order chi connectivity index (χ0) is 10.9. The second-order valence-electron chi connectivity index (χ2n) is 2.51. The number of nitrogens with zero attached hydrogens (tertiary/aromatic N) is 2. The molecule has 0 aliphatic heterocycles. The lowest BCUT2D eigenvalue weighted by molar-refractivity contribution is -0.388. The number of aromatic nitrogens is 2. The summed E-state index contributed by atoms with van der Waals surface area (Å²) >= 11 is 0. The lowest BCUT2D eigenvalue weighted by atomic mass is 10.2. The zero-order valence-corrected chi connectivity index (χ0v) is 7.05. The Balaban J connectivity index is 3.32. The predicted octanol–water partition coefficient (Wildman–Crippen LogP) is 1.90. The van der Waals surface area contributed by atoms with Crippen molar-refractivity contribution in [3.63, 3.8) is 0 Å². The van der Waals surface area contributed by atoms with Crippen LogP contribution in [0.2, 0.25) is 0 Å². The molecule has 0 saturated carbocycles. The first-order valence-corrected chi connectivity index (χ1v) is 3.66. The molecular weight excluding hydrogens is 203 g/mol. The van der Waals surface area contributed by atoms with Gasteiger partial charge in [-0.2, -0.15) is 18.3 Å². The first kappa shape index (κ1) is 10.5. The Morgan fingerprint density at radius 3 is 2.50 bits per heavy atom. The minimum Gasteiger partial charge on any atom is -0.275 e. The summed E-state index contributed by atoms with van der Waals surface area (Å²) in [6.45, 7) is 1.50. The molecule has 0 spiro atoms. The third kappa shape index (κ3) is 1.68. The molecule has 0 aromatic carbocycles. The first-order valence-electron chi connectivity index (χ1n) is 3.66. The van der Waals surface area contributed by atoms with E-state index in [-0.39, 0.29) is 12.1 Å². The molecule has 0 atom stereocenters. The number of aryl methyl sites for hydroxylation is 1. The van der Waals surface area contributed by atoms with E-state index in [9.17, 15) is 23.3 Å². The molecule has 1 heterocycles. The fraction of sp³-hybridized carbons (Fsp3) is 0.500. The van der Waals surface area contributed by atoms with Gasteiger partial charge in [-0.15, -0.1) is 0 Å². The highest BCUT2D eigenvalue weighted by Crippen LogP contribution is 2.36. The van der Waals surface area contributed by atoms with Crippen LogP contribution in [-0.2, 0) is 12.6 Å². The molecule has 1 aromatic heterocycles. The minimum atomic E-state index is -4.80. The summed E-state index contributed by atoms with van der Waals surface area (Å²) in [5, 5.41) is 15.2. The van der Waals surface area contributed by atoms with Gasteiger partial charge in [0.2, 0.25) is 5.69 Å². The molecule has 8 heteroatoms. The van der Waals surface area contributed by atoms with E-state index in [1.807, 2.05) is 5.10 Å². The van der Waals surface area contributed by atoms with Crippen LogP contribution in [-0.4, -0.2) is 15.1 Å². The number of aromatic amines is 1. The van der Waals surface area contributed by atoms with Crippen LogP contribution in [0.15, 0.2) is 0 Å². The summed E-state index contributed by atoms with van der Waals surface area (Å²) in [6.07, 6.45) is -4.70. The lowest BCUT2D eigenvalue weighted by Gasteiger charge is -2.00. The molecule has 14 heavy (non-hydrogen) atoms. The van der Waals surface area contributed by atoms with Crippen molar-refractivity contribution in [2.45, 2.75) is 19.5 Å². The van der Waals surface area contributed by atoms with Gasteiger partial charge < -0.3 is 0 Å². The Hall–Kier alpha value is -1.60. The van der Waals surface area contributed by atoms with E-state index < -0.39 is 22.5 Å². The highest BCUT2D eigenvalue weighted by Gasteiger charge is 2.43. The Morgan fingerprint density at radius 2 is 2.14 bits per heavy atom. The third-order valence-corrected chi connectivity index (χ3v) is 1.62. The molecule has 1 N–H and O–H groups in total. The molecular formula is C6H6F3N3O2. The number of alkyl halides is 3. The van der Waals surface area contributed by atoms with Crippen molar-refractivity contribution < 1.29 is 18.1 Å². The normalized spacial score (nSPS) is 11.7. The summed E-state index contributed by atoms with van der Waals surface area (Å²) in [7, 11) is 0. The fourth-order valence-electron chi connectivity index (χ4n) is 1.01. The number of nitrogens with one attached hydrogen (secondary N) is 1. The summed E-state index contributed by atoms with van der Waals surface area (Å²) < 4.78 is 36.5. The summed E-state index contributed by atoms with van der Waals surface area (Å²) in [4.78, 5) is 9.28. The van der Waals surface area contributed by atoms with Crippen LogP contribution in [0.5, 0.6) is 0 Å².